The number of ether oxygens (including phenoxy) is 1. The van der Waals surface area contributed by atoms with Crippen molar-refractivity contribution >= 4 is 15.7 Å². The summed E-state index contributed by atoms with van der Waals surface area (Å²) in [5.41, 5.74) is 1.30. The van der Waals surface area contributed by atoms with Gasteiger partial charge in [0.2, 0.25) is 11.8 Å². The fourth-order valence-electron chi connectivity index (χ4n) is 4.60. The van der Waals surface area contributed by atoms with E-state index in [1.165, 1.54) is 6.07 Å². The molecule has 36 heavy (non-hydrogen) atoms. The highest BCUT2D eigenvalue weighted by molar-refractivity contribution is 7.91. The van der Waals surface area contributed by atoms with Crippen LogP contribution in [0.3, 0.4) is 0 Å². The van der Waals surface area contributed by atoms with Crippen LogP contribution >= 0.6 is 0 Å². The average molecular weight is 515 g/mol. The van der Waals surface area contributed by atoms with Crippen LogP contribution in [0.4, 0.5) is 4.39 Å². The Balaban J connectivity index is 1.51. The highest BCUT2D eigenvalue weighted by Gasteiger charge is 2.30. The van der Waals surface area contributed by atoms with Crippen molar-refractivity contribution in [1.29, 1.82) is 0 Å². The van der Waals surface area contributed by atoms with Gasteiger partial charge in [0, 0.05) is 23.7 Å². The molecule has 7 nitrogen and oxygen atoms in total. The topological polar surface area (TPSA) is 89.7 Å². The molecule has 0 N–H and O–H groups in total. The molecule has 192 valence electrons. The first-order valence-corrected chi connectivity index (χ1v) is 13.9. The highest BCUT2D eigenvalue weighted by Crippen LogP contribution is 2.27. The monoisotopic (exact) mass is 514 g/mol. The lowest BCUT2D eigenvalue weighted by Crippen LogP contribution is -2.44. The maximum Gasteiger partial charge on any atom is 0.238 e. The summed E-state index contributed by atoms with van der Waals surface area (Å²) in [6.45, 7) is 1.70. The van der Waals surface area contributed by atoms with Gasteiger partial charge in [-0.3, -0.25) is 4.79 Å². The zero-order valence-corrected chi connectivity index (χ0v) is 21.4. The highest BCUT2D eigenvalue weighted by atomic mass is 32.2. The van der Waals surface area contributed by atoms with Gasteiger partial charge in [-0.05, 0) is 44.0 Å². The van der Waals surface area contributed by atoms with Gasteiger partial charge in [0.1, 0.15) is 23.1 Å². The van der Waals surface area contributed by atoms with Crippen LogP contribution in [0.15, 0.2) is 52.9 Å². The number of halogens is 1. The molecule has 0 bridgehead atoms. The Bertz CT molecular complexity index is 1320. The number of carbonyl (C=O) groups is 1. The van der Waals surface area contributed by atoms with E-state index < -0.39 is 33.1 Å². The minimum absolute atomic E-state index is 0.0503. The third kappa shape index (κ3) is 6.32. The lowest BCUT2D eigenvalue weighted by Gasteiger charge is -2.34. The average Bonchev–Trinajstić information content (AvgIpc) is 3.23. The Morgan fingerprint density at radius 1 is 1.14 bits per heavy atom. The van der Waals surface area contributed by atoms with E-state index in [0.717, 1.165) is 32.1 Å². The first-order chi connectivity index (χ1) is 17.3. The summed E-state index contributed by atoms with van der Waals surface area (Å²) >= 11 is 0. The van der Waals surface area contributed by atoms with E-state index in [1.807, 2.05) is 0 Å². The van der Waals surface area contributed by atoms with Crippen LogP contribution in [0.2, 0.25) is 0 Å². The van der Waals surface area contributed by atoms with Crippen molar-refractivity contribution < 1.29 is 26.8 Å². The Kier molecular flexibility index (Phi) is 8.08. The van der Waals surface area contributed by atoms with Gasteiger partial charge in [0.25, 0.3) is 0 Å². The summed E-state index contributed by atoms with van der Waals surface area (Å²) in [5.74, 6) is -0.724. The molecule has 0 unspecified atom stereocenters. The number of rotatable bonds is 9. The molecule has 4 rings (SSSR count). The minimum atomic E-state index is -3.86. The molecule has 1 heterocycles. The molecule has 0 spiro atoms. The van der Waals surface area contributed by atoms with Gasteiger partial charge in [-0.15, -0.1) is 0 Å². The third-order valence-electron chi connectivity index (χ3n) is 6.54. The second-order valence-corrected chi connectivity index (χ2v) is 11.3. The van der Waals surface area contributed by atoms with Gasteiger partial charge in [-0.25, -0.2) is 17.8 Å². The van der Waals surface area contributed by atoms with Crippen LogP contribution in [0.1, 0.15) is 49.1 Å². The standard InChI is InChI=1S/C27H31FN2O5S/c1-19-25(29-27(35-19)20-10-8-13-23(15-20)34-2)17-36(32,33)18-26(31)30(22-11-4-3-5-12-22)16-21-9-6-7-14-24(21)28/h6-10,13-15,22H,3-5,11-12,16-18H2,1-2H3. The predicted octanol–water partition coefficient (Wildman–Crippen LogP) is 5.07. The molecule has 1 aromatic heterocycles. The SMILES string of the molecule is COc1cccc(-c2nc(CS(=O)(=O)CC(=O)N(Cc3ccccc3F)C3CCCCC3)c(C)o2)c1. The summed E-state index contributed by atoms with van der Waals surface area (Å²) in [4.78, 5) is 19.2. The summed E-state index contributed by atoms with van der Waals surface area (Å²) in [7, 11) is -2.30. The predicted molar refractivity (Wildman–Crippen MR) is 135 cm³/mol. The second-order valence-electron chi connectivity index (χ2n) is 9.19. The molecular weight excluding hydrogens is 483 g/mol. The van der Waals surface area contributed by atoms with Crippen LogP contribution < -0.4 is 4.74 Å². The van der Waals surface area contributed by atoms with Crippen LogP contribution in [-0.4, -0.2) is 43.1 Å². The summed E-state index contributed by atoms with van der Waals surface area (Å²) in [6, 6.07) is 13.3. The Hall–Kier alpha value is -3.20. The Morgan fingerprint density at radius 3 is 2.61 bits per heavy atom. The van der Waals surface area contributed by atoms with Crippen molar-refractivity contribution in [3.8, 4) is 17.2 Å². The number of aromatic nitrogens is 1. The zero-order valence-electron chi connectivity index (χ0n) is 20.6. The van der Waals surface area contributed by atoms with Crippen LogP contribution in [0.25, 0.3) is 11.5 Å². The molecule has 1 saturated carbocycles. The number of oxazole rings is 1. The number of hydrogen-bond donors (Lipinski definition) is 0. The van der Waals surface area contributed by atoms with Crippen molar-refractivity contribution in [2.24, 2.45) is 0 Å². The van der Waals surface area contributed by atoms with Crippen molar-refractivity contribution in [2.45, 2.75) is 57.4 Å². The molecule has 3 aromatic rings. The molecule has 1 amide bonds. The number of methoxy groups -OCH3 is 1. The molecular formula is C27H31FN2O5S. The number of benzene rings is 2. The molecule has 0 radical (unpaired) electrons. The van der Waals surface area contributed by atoms with E-state index in [2.05, 4.69) is 4.98 Å². The van der Waals surface area contributed by atoms with Gasteiger partial charge in [0.15, 0.2) is 9.84 Å². The maximum absolute atomic E-state index is 14.4. The fourth-order valence-corrected chi connectivity index (χ4v) is 5.92. The van der Waals surface area contributed by atoms with Gasteiger partial charge in [0.05, 0.1) is 18.6 Å². The number of carbonyl (C=O) groups excluding carboxylic acids is 1. The normalized spacial score (nSPS) is 14.5. The molecule has 2 aromatic carbocycles. The van der Waals surface area contributed by atoms with Gasteiger partial charge in [-0.2, -0.15) is 0 Å². The molecule has 0 saturated heterocycles. The van der Waals surface area contributed by atoms with Crippen LogP contribution in [-0.2, 0) is 26.9 Å². The summed E-state index contributed by atoms with van der Waals surface area (Å²) < 4.78 is 51.5. The van der Waals surface area contributed by atoms with Gasteiger partial charge in [-0.1, -0.05) is 43.5 Å². The van der Waals surface area contributed by atoms with Gasteiger partial charge < -0.3 is 14.1 Å². The maximum atomic E-state index is 14.4. The van der Waals surface area contributed by atoms with E-state index in [-0.39, 0.29) is 24.2 Å². The van der Waals surface area contributed by atoms with Crippen LogP contribution in [0.5, 0.6) is 5.75 Å². The van der Waals surface area contributed by atoms with E-state index in [9.17, 15) is 17.6 Å². The number of hydrogen-bond acceptors (Lipinski definition) is 6. The molecule has 1 fully saturated rings. The largest absolute Gasteiger partial charge is 0.497 e. The molecule has 1 aliphatic rings. The fraction of sp³-hybridized carbons (Fsp3) is 0.407. The number of nitrogens with zero attached hydrogens (tertiary/aromatic N) is 2. The smallest absolute Gasteiger partial charge is 0.238 e. The molecule has 1 aliphatic carbocycles. The summed E-state index contributed by atoms with van der Waals surface area (Å²) in [5, 5.41) is 0. The van der Waals surface area contributed by atoms with E-state index >= 15 is 0 Å². The van der Waals surface area contributed by atoms with Crippen LogP contribution in [0, 0.1) is 12.7 Å². The van der Waals surface area contributed by atoms with E-state index in [1.54, 1.807) is 61.4 Å². The molecule has 9 heteroatoms. The first kappa shape index (κ1) is 25.9. The Morgan fingerprint density at radius 2 is 1.89 bits per heavy atom. The number of sulfone groups is 1. The third-order valence-corrected chi connectivity index (χ3v) is 7.94. The first-order valence-electron chi connectivity index (χ1n) is 12.1. The number of aryl methyl sites for hydroxylation is 1. The van der Waals surface area contributed by atoms with Crippen molar-refractivity contribution in [1.82, 2.24) is 9.88 Å². The summed E-state index contributed by atoms with van der Waals surface area (Å²) in [6.07, 6.45) is 4.57. The molecule has 0 aliphatic heterocycles. The van der Waals surface area contributed by atoms with Crippen molar-refractivity contribution in [3.63, 3.8) is 0 Å². The van der Waals surface area contributed by atoms with E-state index in [4.69, 9.17) is 9.15 Å². The quantitative estimate of drug-likeness (QED) is 0.396. The van der Waals surface area contributed by atoms with E-state index in [0.29, 0.717) is 22.6 Å². The number of amides is 1. The molecule has 0 atom stereocenters. The minimum Gasteiger partial charge on any atom is -0.497 e. The van der Waals surface area contributed by atoms with Crippen molar-refractivity contribution in [3.05, 3.63) is 71.4 Å². The lowest BCUT2D eigenvalue weighted by atomic mass is 9.93. The lowest BCUT2D eigenvalue weighted by molar-refractivity contribution is -0.132. The van der Waals surface area contributed by atoms with Gasteiger partial charge >= 0.3 is 0 Å². The second kappa shape index (κ2) is 11.2. The zero-order chi connectivity index (χ0) is 25.7. The van der Waals surface area contributed by atoms with Crippen molar-refractivity contribution in [2.75, 3.05) is 12.9 Å². The Labute approximate surface area is 211 Å².